The average Bonchev–Trinajstić information content (AvgIpc) is 2.62. The largest absolute Gasteiger partial charge is 0.492 e. The van der Waals surface area contributed by atoms with Crippen LogP contribution < -0.4 is 10.3 Å². The predicted octanol–water partition coefficient (Wildman–Crippen LogP) is 2.25. The summed E-state index contributed by atoms with van der Waals surface area (Å²) >= 11 is 0. The van der Waals surface area contributed by atoms with Crippen molar-refractivity contribution in [1.29, 1.82) is 0 Å². The van der Waals surface area contributed by atoms with Crippen LogP contribution in [0.5, 0.6) is 5.75 Å². The zero-order chi connectivity index (χ0) is 11.8. The van der Waals surface area contributed by atoms with Gasteiger partial charge in [0.2, 0.25) is 0 Å². The van der Waals surface area contributed by atoms with E-state index in [2.05, 4.69) is 0 Å². The van der Waals surface area contributed by atoms with E-state index >= 15 is 0 Å². The third kappa shape index (κ3) is 1.54. The highest BCUT2D eigenvalue weighted by Gasteiger charge is 2.17. The number of pyridine rings is 1. The first-order chi connectivity index (χ1) is 8.29. The lowest BCUT2D eigenvalue weighted by Gasteiger charge is -2.13. The zero-order valence-corrected chi connectivity index (χ0v) is 9.90. The van der Waals surface area contributed by atoms with E-state index < -0.39 is 0 Å². The van der Waals surface area contributed by atoms with E-state index in [0.29, 0.717) is 6.61 Å². The summed E-state index contributed by atoms with van der Waals surface area (Å²) in [5.41, 5.74) is 1.86. The number of rotatable bonds is 0. The molecule has 1 aliphatic heterocycles. The molecule has 2 heterocycles. The van der Waals surface area contributed by atoms with Crippen LogP contribution in [-0.4, -0.2) is 11.2 Å². The molecule has 0 fully saturated rings. The summed E-state index contributed by atoms with van der Waals surface area (Å²) in [6.07, 6.45) is 2.87. The van der Waals surface area contributed by atoms with Crippen molar-refractivity contribution in [3.8, 4) is 5.75 Å². The van der Waals surface area contributed by atoms with Crippen LogP contribution in [0.4, 0.5) is 0 Å². The smallest absolute Gasteiger partial charge is 0.257 e. The van der Waals surface area contributed by atoms with Crippen molar-refractivity contribution < 1.29 is 4.74 Å². The van der Waals surface area contributed by atoms with Gasteiger partial charge in [0.25, 0.3) is 5.56 Å². The second-order valence-corrected chi connectivity index (χ2v) is 4.49. The van der Waals surface area contributed by atoms with Gasteiger partial charge in [-0.15, -0.1) is 0 Å². The van der Waals surface area contributed by atoms with Crippen molar-refractivity contribution in [2.24, 2.45) is 7.05 Å². The Kier molecular flexibility index (Phi) is 2.39. The maximum atomic E-state index is 12.3. The Bertz CT molecular complexity index is 628. The lowest BCUT2D eigenvalue weighted by molar-refractivity contribution is 0.320. The number of fused-ring (bicyclic) bond motifs is 3. The number of para-hydroxylation sites is 1. The van der Waals surface area contributed by atoms with Gasteiger partial charge < -0.3 is 9.30 Å². The number of hydrogen-bond acceptors (Lipinski definition) is 2. The summed E-state index contributed by atoms with van der Waals surface area (Å²) < 4.78 is 7.51. The van der Waals surface area contributed by atoms with E-state index in [9.17, 15) is 4.79 Å². The summed E-state index contributed by atoms with van der Waals surface area (Å²) in [5, 5.41) is 1.05. The van der Waals surface area contributed by atoms with Crippen LogP contribution >= 0.6 is 0 Å². The average molecular weight is 229 g/mol. The second-order valence-electron chi connectivity index (χ2n) is 4.49. The molecular formula is C14H15NO2. The first-order valence-corrected chi connectivity index (χ1v) is 6.02. The highest BCUT2D eigenvalue weighted by atomic mass is 16.5. The monoisotopic (exact) mass is 229 g/mol. The van der Waals surface area contributed by atoms with Gasteiger partial charge in [-0.1, -0.05) is 12.1 Å². The number of hydrogen-bond donors (Lipinski definition) is 0. The first-order valence-electron chi connectivity index (χ1n) is 6.02. The van der Waals surface area contributed by atoms with Crippen molar-refractivity contribution >= 4 is 10.9 Å². The van der Waals surface area contributed by atoms with Gasteiger partial charge in [-0.25, -0.2) is 0 Å². The van der Waals surface area contributed by atoms with Crippen LogP contribution in [0.1, 0.15) is 18.4 Å². The Morgan fingerprint density at radius 2 is 2.06 bits per heavy atom. The van der Waals surface area contributed by atoms with E-state index in [0.717, 1.165) is 41.5 Å². The van der Waals surface area contributed by atoms with Gasteiger partial charge in [-0.05, 0) is 31.4 Å². The number of aryl methyl sites for hydroxylation is 1. The summed E-state index contributed by atoms with van der Waals surface area (Å²) in [4.78, 5) is 12.3. The quantitative estimate of drug-likeness (QED) is 0.693. The van der Waals surface area contributed by atoms with Gasteiger partial charge in [0, 0.05) is 12.4 Å². The molecule has 3 nitrogen and oxygen atoms in total. The van der Waals surface area contributed by atoms with Gasteiger partial charge in [0.05, 0.1) is 17.7 Å². The molecule has 1 aromatic heterocycles. The summed E-state index contributed by atoms with van der Waals surface area (Å²) in [5.74, 6) is 0.807. The third-order valence-electron chi connectivity index (χ3n) is 3.41. The molecule has 0 spiro atoms. The zero-order valence-electron chi connectivity index (χ0n) is 9.90. The highest BCUT2D eigenvalue weighted by molar-refractivity contribution is 5.86. The van der Waals surface area contributed by atoms with Crippen LogP contribution in [0.3, 0.4) is 0 Å². The molecule has 1 aromatic carbocycles. The SMILES string of the molecule is Cn1c(=O)c2c(c3ccccc31)OCCCC2. The molecule has 2 aromatic rings. The molecule has 1 aliphatic rings. The highest BCUT2D eigenvalue weighted by Crippen LogP contribution is 2.29. The van der Waals surface area contributed by atoms with Gasteiger partial charge in [0.15, 0.2) is 0 Å². The van der Waals surface area contributed by atoms with Crippen LogP contribution in [0, 0.1) is 0 Å². The Labute approximate surface area is 99.6 Å². The first kappa shape index (κ1) is 10.4. The molecule has 0 bridgehead atoms. The number of ether oxygens (including phenoxy) is 1. The lowest BCUT2D eigenvalue weighted by atomic mass is 10.1. The third-order valence-corrected chi connectivity index (χ3v) is 3.41. The molecule has 88 valence electrons. The Morgan fingerprint density at radius 1 is 1.24 bits per heavy atom. The molecule has 0 atom stereocenters. The van der Waals surface area contributed by atoms with E-state index in [4.69, 9.17) is 4.74 Å². The fourth-order valence-corrected chi connectivity index (χ4v) is 2.49. The van der Waals surface area contributed by atoms with Crippen molar-refractivity contribution in [1.82, 2.24) is 4.57 Å². The van der Waals surface area contributed by atoms with Crippen LogP contribution in [0.2, 0.25) is 0 Å². The second kappa shape index (κ2) is 3.91. The molecular weight excluding hydrogens is 214 g/mol. The Hall–Kier alpha value is -1.77. The standard InChI is InChI=1S/C14H15NO2/c1-15-12-8-3-2-6-10(12)13-11(14(15)16)7-4-5-9-17-13/h2-3,6,8H,4-5,7,9H2,1H3. The fraction of sp³-hybridized carbons (Fsp3) is 0.357. The van der Waals surface area contributed by atoms with Crippen LogP contribution in [-0.2, 0) is 13.5 Å². The Morgan fingerprint density at radius 3 is 2.94 bits per heavy atom. The van der Waals surface area contributed by atoms with Crippen molar-refractivity contribution in [3.63, 3.8) is 0 Å². The summed E-state index contributed by atoms with van der Waals surface area (Å²) in [7, 11) is 1.83. The molecule has 0 amide bonds. The van der Waals surface area contributed by atoms with Crippen molar-refractivity contribution in [3.05, 3.63) is 40.2 Å². The normalized spacial score (nSPS) is 15.1. The van der Waals surface area contributed by atoms with Crippen LogP contribution in [0.25, 0.3) is 10.9 Å². The topological polar surface area (TPSA) is 31.2 Å². The van der Waals surface area contributed by atoms with E-state index in [1.807, 2.05) is 31.3 Å². The van der Waals surface area contributed by atoms with E-state index in [-0.39, 0.29) is 5.56 Å². The molecule has 0 aliphatic carbocycles. The minimum atomic E-state index is 0.0839. The number of nitrogens with zero attached hydrogens (tertiary/aromatic N) is 1. The minimum Gasteiger partial charge on any atom is -0.492 e. The van der Waals surface area contributed by atoms with Crippen LogP contribution in [0.15, 0.2) is 29.1 Å². The molecule has 0 saturated heterocycles. The van der Waals surface area contributed by atoms with Gasteiger partial charge in [0.1, 0.15) is 5.75 Å². The summed E-state index contributed by atoms with van der Waals surface area (Å²) in [6, 6.07) is 7.93. The maximum absolute atomic E-state index is 12.3. The molecule has 3 rings (SSSR count). The molecule has 0 N–H and O–H groups in total. The molecule has 0 saturated carbocycles. The minimum absolute atomic E-state index is 0.0839. The molecule has 17 heavy (non-hydrogen) atoms. The number of benzene rings is 1. The molecule has 3 heteroatoms. The maximum Gasteiger partial charge on any atom is 0.257 e. The van der Waals surface area contributed by atoms with Crippen molar-refractivity contribution in [2.75, 3.05) is 6.61 Å². The number of aromatic nitrogens is 1. The Balaban J connectivity index is 2.44. The lowest BCUT2D eigenvalue weighted by Crippen LogP contribution is -2.22. The molecule has 0 unspecified atom stereocenters. The molecule has 0 radical (unpaired) electrons. The van der Waals surface area contributed by atoms with Gasteiger partial charge in [-0.3, -0.25) is 4.79 Å². The van der Waals surface area contributed by atoms with Gasteiger partial charge >= 0.3 is 0 Å². The predicted molar refractivity (Wildman–Crippen MR) is 67.6 cm³/mol. The van der Waals surface area contributed by atoms with E-state index in [1.165, 1.54) is 0 Å². The van der Waals surface area contributed by atoms with Crippen molar-refractivity contribution in [2.45, 2.75) is 19.3 Å². The van der Waals surface area contributed by atoms with Gasteiger partial charge in [-0.2, -0.15) is 0 Å². The fourth-order valence-electron chi connectivity index (χ4n) is 2.49. The van der Waals surface area contributed by atoms with E-state index in [1.54, 1.807) is 4.57 Å². The summed E-state index contributed by atoms with van der Waals surface area (Å²) in [6.45, 7) is 0.712.